The Morgan fingerprint density at radius 2 is 2.23 bits per heavy atom. The van der Waals surface area contributed by atoms with Crippen LogP contribution in [0, 0.1) is 0 Å². The molecule has 0 spiro atoms. The molecule has 0 saturated carbocycles. The van der Waals surface area contributed by atoms with Gasteiger partial charge < -0.3 is 4.74 Å². The van der Waals surface area contributed by atoms with Gasteiger partial charge in [-0.3, -0.25) is 5.10 Å². The summed E-state index contributed by atoms with van der Waals surface area (Å²) in [6, 6.07) is 0. The highest BCUT2D eigenvalue weighted by Gasteiger charge is 2.11. The summed E-state index contributed by atoms with van der Waals surface area (Å²) >= 11 is 0. The number of halogens is 1. The largest absolute Gasteiger partial charge is 0.373 e. The number of rotatable bonds is 4. The van der Waals surface area contributed by atoms with Gasteiger partial charge in [-0.05, 0) is 20.8 Å². The highest BCUT2D eigenvalue weighted by molar-refractivity contribution is 5.17. The van der Waals surface area contributed by atoms with Gasteiger partial charge in [0.15, 0.2) is 0 Å². The quantitative estimate of drug-likeness (QED) is 0.783. The number of alkyl halides is 1. The summed E-state index contributed by atoms with van der Waals surface area (Å²) in [5.74, 6) is 0. The van der Waals surface area contributed by atoms with E-state index in [1.54, 1.807) is 0 Å². The molecule has 0 radical (unpaired) electrons. The Labute approximate surface area is 77.3 Å². The SMILES string of the molecule is CC(C)OCc1[nH]ncc1C(C)F. The minimum Gasteiger partial charge on any atom is -0.373 e. The van der Waals surface area contributed by atoms with Crippen molar-refractivity contribution in [1.82, 2.24) is 10.2 Å². The molecule has 1 rings (SSSR count). The zero-order chi connectivity index (χ0) is 9.84. The molecule has 1 aromatic rings. The van der Waals surface area contributed by atoms with Gasteiger partial charge >= 0.3 is 0 Å². The van der Waals surface area contributed by atoms with Crippen molar-refractivity contribution in [1.29, 1.82) is 0 Å². The van der Waals surface area contributed by atoms with Crippen LogP contribution in [0.4, 0.5) is 4.39 Å². The van der Waals surface area contributed by atoms with Gasteiger partial charge in [-0.1, -0.05) is 0 Å². The average molecular weight is 186 g/mol. The highest BCUT2D eigenvalue weighted by atomic mass is 19.1. The van der Waals surface area contributed by atoms with Crippen LogP contribution in [-0.4, -0.2) is 16.3 Å². The molecule has 1 heterocycles. The number of hydrogen-bond acceptors (Lipinski definition) is 2. The molecule has 0 aliphatic heterocycles. The molecule has 4 heteroatoms. The molecule has 3 nitrogen and oxygen atoms in total. The third-order valence-corrected chi connectivity index (χ3v) is 1.74. The van der Waals surface area contributed by atoms with E-state index in [-0.39, 0.29) is 6.10 Å². The van der Waals surface area contributed by atoms with E-state index in [0.717, 1.165) is 5.69 Å². The molecule has 1 N–H and O–H groups in total. The molecule has 74 valence electrons. The number of nitrogens with one attached hydrogen (secondary N) is 1. The van der Waals surface area contributed by atoms with Crippen LogP contribution in [0.15, 0.2) is 6.20 Å². The number of ether oxygens (including phenoxy) is 1. The number of nitrogens with zero attached hydrogens (tertiary/aromatic N) is 1. The van der Waals surface area contributed by atoms with Crippen molar-refractivity contribution in [2.24, 2.45) is 0 Å². The zero-order valence-corrected chi connectivity index (χ0v) is 8.17. The second-order valence-corrected chi connectivity index (χ2v) is 3.28. The van der Waals surface area contributed by atoms with E-state index in [0.29, 0.717) is 12.2 Å². The van der Waals surface area contributed by atoms with Crippen molar-refractivity contribution < 1.29 is 9.13 Å². The summed E-state index contributed by atoms with van der Waals surface area (Å²) in [6.07, 6.45) is 0.652. The summed E-state index contributed by atoms with van der Waals surface area (Å²) in [5, 5.41) is 6.50. The van der Waals surface area contributed by atoms with Crippen LogP contribution >= 0.6 is 0 Å². The molecule has 0 saturated heterocycles. The molecule has 0 bridgehead atoms. The molecule has 0 amide bonds. The first-order valence-electron chi connectivity index (χ1n) is 4.39. The van der Waals surface area contributed by atoms with Crippen LogP contribution in [0.3, 0.4) is 0 Å². The lowest BCUT2D eigenvalue weighted by Crippen LogP contribution is -2.04. The van der Waals surface area contributed by atoms with Crippen molar-refractivity contribution in [2.75, 3.05) is 0 Å². The molecular formula is C9H15FN2O. The van der Waals surface area contributed by atoms with Gasteiger partial charge in [-0.2, -0.15) is 5.10 Å². The Kier molecular flexibility index (Phi) is 3.42. The maximum atomic E-state index is 12.9. The Morgan fingerprint density at radius 3 is 2.77 bits per heavy atom. The lowest BCUT2D eigenvalue weighted by Gasteiger charge is -2.07. The number of aromatic nitrogens is 2. The maximum Gasteiger partial charge on any atom is 0.126 e. The molecule has 0 aliphatic carbocycles. The molecule has 0 aromatic carbocycles. The lowest BCUT2D eigenvalue weighted by atomic mass is 10.2. The van der Waals surface area contributed by atoms with E-state index in [1.807, 2.05) is 13.8 Å². The summed E-state index contributed by atoms with van der Waals surface area (Å²) in [4.78, 5) is 0. The highest BCUT2D eigenvalue weighted by Crippen LogP contribution is 2.19. The Bertz CT molecular complexity index is 258. The summed E-state index contributed by atoms with van der Waals surface area (Å²) in [6.45, 7) is 5.76. The maximum absolute atomic E-state index is 12.9. The van der Waals surface area contributed by atoms with E-state index < -0.39 is 6.17 Å². The van der Waals surface area contributed by atoms with Crippen molar-refractivity contribution in [3.05, 3.63) is 17.5 Å². The monoisotopic (exact) mass is 186 g/mol. The van der Waals surface area contributed by atoms with Crippen molar-refractivity contribution in [2.45, 2.75) is 39.7 Å². The fraction of sp³-hybridized carbons (Fsp3) is 0.667. The normalized spacial score (nSPS) is 13.6. The first-order chi connectivity index (χ1) is 6.11. The second-order valence-electron chi connectivity index (χ2n) is 3.28. The molecular weight excluding hydrogens is 171 g/mol. The first kappa shape index (κ1) is 10.2. The Morgan fingerprint density at radius 1 is 1.54 bits per heavy atom. The topological polar surface area (TPSA) is 37.9 Å². The van der Waals surface area contributed by atoms with E-state index in [2.05, 4.69) is 10.2 Å². The molecule has 0 aliphatic rings. The minimum absolute atomic E-state index is 0.145. The zero-order valence-electron chi connectivity index (χ0n) is 8.17. The average Bonchev–Trinajstić information content (AvgIpc) is 2.47. The lowest BCUT2D eigenvalue weighted by molar-refractivity contribution is 0.0625. The van der Waals surface area contributed by atoms with Crippen molar-refractivity contribution >= 4 is 0 Å². The molecule has 1 atom stereocenters. The summed E-state index contributed by atoms with van der Waals surface area (Å²) < 4.78 is 18.3. The third kappa shape index (κ3) is 2.81. The molecule has 1 unspecified atom stereocenters. The van der Waals surface area contributed by atoms with Crippen molar-refractivity contribution in [3.63, 3.8) is 0 Å². The van der Waals surface area contributed by atoms with Gasteiger partial charge in [0.1, 0.15) is 6.17 Å². The van der Waals surface area contributed by atoms with E-state index >= 15 is 0 Å². The fourth-order valence-electron chi connectivity index (χ4n) is 1.03. The van der Waals surface area contributed by atoms with Crippen LogP contribution < -0.4 is 0 Å². The van der Waals surface area contributed by atoms with Gasteiger partial charge in [0.05, 0.1) is 24.6 Å². The predicted molar refractivity (Wildman–Crippen MR) is 48.0 cm³/mol. The second kappa shape index (κ2) is 4.37. The number of aromatic amines is 1. The van der Waals surface area contributed by atoms with Gasteiger partial charge in [-0.15, -0.1) is 0 Å². The smallest absolute Gasteiger partial charge is 0.126 e. The molecule has 1 aromatic heterocycles. The van der Waals surface area contributed by atoms with Gasteiger partial charge in [0.2, 0.25) is 0 Å². The molecule has 13 heavy (non-hydrogen) atoms. The van der Waals surface area contributed by atoms with Crippen LogP contribution in [0.25, 0.3) is 0 Å². The van der Waals surface area contributed by atoms with Gasteiger partial charge in [0, 0.05) is 5.56 Å². The van der Waals surface area contributed by atoms with E-state index in [4.69, 9.17) is 4.74 Å². The van der Waals surface area contributed by atoms with Crippen LogP contribution in [-0.2, 0) is 11.3 Å². The van der Waals surface area contributed by atoms with Crippen LogP contribution in [0.1, 0.15) is 38.2 Å². The van der Waals surface area contributed by atoms with Crippen LogP contribution in [0.2, 0.25) is 0 Å². The first-order valence-corrected chi connectivity index (χ1v) is 4.39. The number of H-pyrrole nitrogens is 1. The predicted octanol–water partition coefficient (Wildman–Crippen LogP) is 2.37. The van der Waals surface area contributed by atoms with E-state index in [1.165, 1.54) is 13.1 Å². The standard InChI is InChI=1S/C9H15FN2O/c1-6(2)13-5-9-8(7(3)10)4-11-12-9/h4,6-7H,5H2,1-3H3,(H,11,12). The minimum atomic E-state index is -0.996. The van der Waals surface area contributed by atoms with E-state index in [9.17, 15) is 4.39 Å². The Hall–Kier alpha value is -0.900. The fourth-order valence-corrected chi connectivity index (χ4v) is 1.03. The third-order valence-electron chi connectivity index (χ3n) is 1.74. The molecule has 0 fully saturated rings. The van der Waals surface area contributed by atoms with Gasteiger partial charge in [0.25, 0.3) is 0 Å². The van der Waals surface area contributed by atoms with Crippen LogP contribution in [0.5, 0.6) is 0 Å². The summed E-state index contributed by atoms with van der Waals surface area (Å²) in [7, 11) is 0. The summed E-state index contributed by atoms with van der Waals surface area (Å²) in [5.41, 5.74) is 1.31. The van der Waals surface area contributed by atoms with Crippen molar-refractivity contribution in [3.8, 4) is 0 Å². The Balaban J connectivity index is 2.60. The van der Waals surface area contributed by atoms with Gasteiger partial charge in [-0.25, -0.2) is 4.39 Å². The number of hydrogen-bond donors (Lipinski definition) is 1.